The van der Waals surface area contributed by atoms with Gasteiger partial charge in [0.15, 0.2) is 0 Å². The van der Waals surface area contributed by atoms with Crippen LogP contribution >= 0.6 is 0 Å². The number of rotatable bonds is 5. The lowest BCUT2D eigenvalue weighted by Gasteiger charge is -2.31. The van der Waals surface area contributed by atoms with Gasteiger partial charge in [-0.2, -0.15) is 4.31 Å². The van der Waals surface area contributed by atoms with Gasteiger partial charge in [0.1, 0.15) is 0 Å². The molecule has 1 heterocycles. The molecular formula is C22H27N3O4S. The zero-order valence-electron chi connectivity index (χ0n) is 17.4. The molecule has 0 bridgehead atoms. The highest BCUT2D eigenvalue weighted by Crippen LogP contribution is 2.27. The van der Waals surface area contributed by atoms with Crippen LogP contribution in [0.3, 0.4) is 0 Å². The van der Waals surface area contributed by atoms with Crippen molar-refractivity contribution < 1.29 is 18.0 Å². The highest BCUT2D eigenvalue weighted by Gasteiger charge is 2.34. The Morgan fingerprint density at radius 2 is 1.63 bits per heavy atom. The van der Waals surface area contributed by atoms with Gasteiger partial charge < -0.3 is 10.6 Å². The Morgan fingerprint density at radius 1 is 1.00 bits per heavy atom. The Labute approximate surface area is 177 Å². The summed E-state index contributed by atoms with van der Waals surface area (Å²) in [5.41, 5.74) is 2.83. The van der Waals surface area contributed by atoms with E-state index in [0.717, 1.165) is 5.56 Å². The Kier molecular flexibility index (Phi) is 6.58. The van der Waals surface area contributed by atoms with Gasteiger partial charge in [-0.05, 0) is 68.1 Å². The molecule has 1 fully saturated rings. The third-order valence-electron chi connectivity index (χ3n) is 5.19. The molecular weight excluding hydrogens is 402 g/mol. The van der Waals surface area contributed by atoms with Gasteiger partial charge in [0.25, 0.3) is 0 Å². The van der Waals surface area contributed by atoms with Gasteiger partial charge in [0.05, 0.1) is 10.8 Å². The number of benzene rings is 2. The van der Waals surface area contributed by atoms with Gasteiger partial charge in [-0.25, -0.2) is 8.42 Å². The molecule has 1 atom stereocenters. The molecule has 1 aliphatic rings. The molecule has 1 aliphatic heterocycles. The summed E-state index contributed by atoms with van der Waals surface area (Å²) in [6.07, 6.45) is 1.26. The molecule has 0 aliphatic carbocycles. The maximum Gasteiger partial charge on any atom is 0.243 e. The SMILES string of the molecule is CC(=O)Nc1ccc(NC(=O)C2CCCN(S(=O)(=O)c3cc(C)ccc3C)C2)cc1. The Morgan fingerprint density at radius 3 is 2.27 bits per heavy atom. The molecule has 2 N–H and O–H groups in total. The highest BCUT2D eigenvalue weighted by molar-refractivity contribution is 7.89. The van der Waals surface area contributed by atoms with Gasteiger partial charge in [0.2, 0.25) is 21.8 Å². The second-order valence-corrected chi connectivity index (χ2v) is 9.63. The number of piperidine rings is 1. The van der Waals surface area contributed by atoms with Crippen molar-refractivity contribution in [3.05, 3.63) is 53.6 Å². The van der Waals surface area contributed by atoms with Gasteiger partial charge in [-0.15, -0.1) is 0 Å². The molecule has 1 unspecified atom stereocenters. The Bertz CT molecular complexity index is 1050. The first kappa shape index (κ1) is 22.0. The number of carbonyl (C=O) groups is 2. The van der Waals surface area contributed by atoms with Crippen molar-refractivity contribution in [1.29, 1.82) is 0 Å². The Hall–Kier alpha value is -2.71. The first-order valence-electron chi connectivity index (χ1n) is 9.93. The van der Waals surface area contributed by atoms with Crippen LogP contribution in [0, 0.1) is 19.8 Å². The topological polar surface area (TPSA) is 95.6 Å². The monoisotopic (exact) mass is 429 g/mol. The van der Waals surface area contributed by atoms with Crippen LogP contribution in [0.5, 0.6) is 0 Å². The minimum absolute atomic E-state index is 0.158. The van der Waals surface area contributed by atoms with Crippen LogP contribution < -0.4 is 10.6 Å². The third kappa shape index (κ3) is 5.06. The maximum atomic E-state index is 13.2. The van der Waals surface area contributed by atoms with Gasteiger partial charge in [-0.1, -0.05) is 12.1 Å². The van der Waals surface area contributed by atoms with E-state index < -0.39 is 15.9 Å². The summed E-state index contributed by atoms with van der Waals surface area (Å²) in [5, 5.41) is 5.52. The largest absolute Gasteiger partial charge is 0.326 e. The fraction of sp³-hybridized carbons (Fsp3) is 0.364. The molecule has 0 aromatic heterocycles. The lowest BCUT2D eigenvalue weighted by atomic mass is 9.98. The van der Waals surface area contributed by atoms with Gasteiger partial charge in [0, 0.05) is 31.4 Å². The molecule has 7 nitrogen and oxygen atoms in total. The van der Waals surface area contributed by atoms with Crippen molar-refractivity contribution >= 4 is 33.2 Å². The summed E-state index contributed by atoms with van der Waals surface area (Å²) < 4.78 is 27.8. The van der Waals surface area contributed by atoms with Crippen LogP contribution in [-0.2, 0) is 19.6 Å². The normalized spacial score (nSPS) is 17.4. The Balaban J connectivity index is 1.70. The molecule has 2 aromatic carbocycles. The van der Waals surface area contributed by atoms with E-state index in [1.54, 1.807) is 43.3 Å². The van der Waals surface area contributed by atoms with E-state index >= 15 is 0 Å². The standard InChI is InChI=1S/C22H27N3O4S/c1-15-6-7-16(2)21(13-15)30(28,29)25-12-4-5-18(14-25)22(27)24-20-10-8-19(9-11-20)23-17(3)26/h6-11,13,18H,4-5,12,14H2,1-3H3,(H,23,26)(H,24,27). The molecule has 1 saturated heterocycles. The third-order valence-corrected chi connectivity index (χ3v) is 7.20. The molecule has 160 valence electrons. The van der Waals surface area contributed by atoms with Crippen molar-refractivity contribution in [3.63, 3.8) is 0 Å². The van der Waals surface area contributed by atoms with Crippen LogP contribution in [-0.4, -0.2) is 37.6 Å². The molecule has 2 amide bonds. The van der Waals surface area contributed by atoms with Crippen molar-refractivity contribution in [2.45, 2.75) is 38.5 Å². The number of anilines is 2. The summed E-state index contributed by atoms with van der Waals surface area (Å²) in [6, 6.07) is 12.2. The van der Waals surface area contributed by atoms with E-state index in [-0.39, 0.29) is 18.4 Å². The molecule has 2 aromatic rings. The number of sulfonamides is 1. The molecule has 0 spiro atoms. The summed E-state index contributed by atoms with van der Waals surface area (Å²) in [4.78, 5) is 24.2. The average molecular weight is 430 g/mol. The predicted octanol–water partition coefficient (Wildman–Crippen LogP) is 3.30. The van der Waals surface area contributed by atoms with Crippen molar-refractivity contribution in [1.82, 2.24) is 4.31 Å². The quantitative estimate of drug-likeness (QED) is 0.762. The van der Waals surface area contributed by atoms with Crippen molar-refractivity contribution in [2.24, 2.45) is 5.92 Å². The van der Waals surface area contributed by atoms with E-state index in [0.29, 0.717) is 41.2 Å². The minimum Gasteiger partial charge on any atom is -0.326 e. The second-order valence-electron chi connectivity index (χ2n) is 7.72. The molecule has 3 rings (SSSR count). The van der Waals surface area contributed by atoms with Crippen LogP contribution in [0.25, 0.3) is 0 Å². The fourth-order valence-electron chi connectivity index (χ4n) is 3.58. The van der Waals surface area contributed by atoms with Crippen LogP contribution in [0.2, 0.25) is 0 Å². The average Bonchev–Trinajstić information content (AvgIpc) is 2.71. The highest BCUT2D eigenvalue weighted by atomic mass is 32.2. The van der Waals surface area contributed by atoms with Crippen LogP contribution in [0.15, 0.2) is 47.4 Å². The van der Waals surface area contributed by atoms with E-state index in [4.69, 9.17) is 0 Å². The zero-order valence-corrected chi connectivity index (χ0v) is 18.3. The molecule has 8 heteroatoms. The molecule has 0 radical (unpaired) electrons. The smallest absolute Gasteiger partial charge is 0.243 e. The second kappa shape index (κ2) is 8.97. The maximum absolute atomic E-state index is 13.2. The lowest BCUT2D eigenvalue weighted by Crippen LogP contribution is -2.43. The van der Waals surface area contributed by atoms with E-state index in [2.05, 4.69) is 10.6 Å². The van der Waals surface area contributed by atoms with Crippen LogP contribution in [0.4, 0.5) is 11.4 Å². The van der Waals surface area contributed by atoms with Crippen molar-refractivity contribution in [2.75, 3.05) is 23.7 Å². The fourth-order valence-corrected chi connectivity index (χ4v) is 5.42. The van der Waals surface area contributed by atoms with Crippen LogP contribution in [0.1, 0.15) is 30.9 Å². The van der Waals surface area contributed by atoms with Gasteiger partial charge in [-0.3, -0.25) is 9.59 Å². The van der Waals surface area contributed by atoms with Gasteiger partial charge >= 0.3 is 0 Å². The van der Waals surface area contributed by atoms with Crippen molar-refractivity contribution in [3.8, 4) is 0 Å². The van der Waals surface area contributed by atoms with E-state index in [9.17, 15) is 18.0 Å². The number of hydrogen-bond acceptors (Lipinski definition) is 4. The molecule has 30 heavy (non-hydrogen) atoms. The molecule has 0 saturated carbocycles. The first-order chi connectivity index (χ1) is 14.2. The number of nitrogens with zero attached hydrogens (tertiary/aromatic N) is 1. The number of nitrogens with one attached hydrogen (secondary N) is 2. The zero-order chi connectivity index (χ0) is 21.9. The summed E-state index contributed by atoms with van der Waals surface area (Å²) in [6.45, 7) is 5.64. The number of amides is 2. The summed E-state index contributed by atoms with van der Waals surface area (Å²) in [5.74, 6) is -0.795. The first-order valence-corrected chi connectivity index (χ1v) is 11.4. The summed E-state index contributed by atoms with van der Waals surface area (Å²) >= 11 is 0. The number of carbonyl (C=O) groups excluding carboxylic acids is 2. The lowest BCUT2D eigenvalue weighted by molar-refractivity contribution is -0.121. The summed E-state index contributed by atoms with van der Waals surface area (Å²) in [7, 11) is -3.66. The predicted molar refractivity (Wildman–Crippen MR) is 117 cm³/mol. The van der Waals surface area contributed by atoms with E-state index in [1.165, 1.54) is 11.2 Å². The van der Waals surface area contributed by atoms with E-state index in [1.807, 2.05) is 13.0 Å². The number of hydrogen-bond donors (Lipinski definition) is 2. The minimum atomic E-state index is -3.66. The number of aryl methyl sites for hydroxylation is 2.